The fourth-order valence-corrected chi connectivity index (χ4v) is 1.56. The fourth-order valence-electron chi connectivity index (χ4n) is 1.56. The van der Waals surface area contributed by atoms with Crippen LogP contribution in [0.25, 0.3) is 5.57 Å². The number of benzene rings is 1. The van der Waals surface area contributed by atoms with Crippen LogP contribution in [0.15, 0.2) is 30.3 Å². The average molecular weight is 288 g/mol. The second kappa shape index (κ2) is 7.31. The van der Waals surface area contributed by atoms with Crippen LogP contribution < -0.4 is 15.8 Å². The number of likely N-dealkylation sites (N-methyl/N-ethyl adjacent to an activating group) is 1. The molecule has 1 aromatic carbocycles. The van der Waals surface area contributed by atoms with E-state index in [2.05, 4.69) is 5.32 Å². The Morgan fingerprint density at radius 1 is 1.45 bits per heavy atom. The van der Waals surface area contributed by atoms with Gasteiger partial charge in [-0.25, -0.2) is 0 Å². The lowest BCUT2D eigenvalue weighted by molar-refractivity contribution is -0.139. The maximum atomic E-state index is 12.0. The van der Waals surface area contributed by atoms with Crippen molar-refractivity contribution < 1.29 is 17.9 Å². The van der Waals surface area contributed by atoms with E-state index in [1.807, 2.05) is 19.1 Å². The van der Waals surface area contributed by atoms with Crippen LogP contribution in [0, 0.1) is 0 Å². The Balaban J connectivity index is 2.68. The van der Waals surface area contributed by atoms with Crippen molar-refractivity contribution in [1.29, 1.82) is 0 Å². The molecule has 0 saturated carbocycles. The van der Waals surface area contributed by atoms with E-state index < -0.39 is 12.6 Å². The van der Waals surface area contributed by atoms with Crippen LogP contribution in [-0.4, -0.2) is 26.0 Å². The molecule has 0 spiro atoms. The summed E-state index contributed by atoms with van der Waals surface area (Å²) in [4.78, 5) is 0. The molecule has 0 aliphatic rings. The number of nitrogens with one attached hydrogen (secondary N) is 1. The van der Waals surface area contributed by atoms with Gasteiger partial charge in [0.05, 0.1) is 19.2 Å². The second-order valence-corrected chi connectivity index (χ2v) is 4.41. The monoisotopic (exact) mass is 288 g/mol. The summed E-state index contributed by atoms with van der Waals surface area (Å²) < 4.78 is 41.2. The Morgan fingerprint density at radius 3 is 2.75 bits per heavy atom. The van der Waals surface area contributed by atoms with Crippen LogP contribution >= 0.6 is 0 Å². The van der Waals surface area contributed by atoms with Gasteiger partial charge in [-0.15, -0.1) is 0 Å². The van der Waals surface area contributed by atoms with Crippen molar-refractivity contribution in [2.24, 2.45) is 5.73 Å². The number of ether oxygens (including phenoxy) is 1. The largest absolute Gasteiger partial charge is 0.493 e. The molecule has 1 atom stereocenters. The topological polar surface area (TPSA) is 47.3 Å². The zero-order valence-corrected chi connectivity index (χ0v) is 11.5. The van der Waals surface area contributed by atoms with Gasteiger partial charge in [-0.05, 0) is 43.3 Å². The summed E-state index contributed by atoms with van der Waals surface area (Å²) in [5.41, 5.74) is 7.52. The van der Waals surface area contributed by atoms with Gasteiger partial charge in [-0.1, -0.05) is 12.1 Å². The van der Waals surface area contributed by atoms with Crippen LogP contribution in [0.1, 0.15) is 18.9 Å². The highest BCUT2D eigenvalue weighted by atomic mass is 19.4. The molecule has 0 saturated heterocycles. The Kier molecular flexibility index (Phi) is 6.04. The van der Waals surface area contributed by atoms with Gasteiger partial charge in [0.25, 0.3) is 0 Å². The van der Waals surface area contributed by atoms with E-state index in [4.69, 9.17) is 10.5 Å². The van der Waals surface area contributed by atoms with Gasteiger partial charge in [-0.2, -0.15) is 13.2 Å². The molecule has 0 bridgehead atoms. The van der Waals surface area contributed by atoms with E-state index in [-0.39, 0.29) is 12.8 Å². The average Bonchev–Trinajstić information content (AvgIpc) is 2.37. The Labute approximate surface area is 116 Å². The number of alkyl halides is 3. The highest BCUT2D eigenvalue weighted by Crippen LogP contribution is 2.22. The zero-order valence-electron chi connectivity index (χ0n) is 11.5. The molecular weight excluding hydrogens is 269 g/mol. The first kappa shape index (κ1) is 16.5. The molecule has 6 heteroatoms. The minimum absolute atomic E-state index is 0.273. The molecule has 0 aliphatic carbocycles. The van der Waals surface area contributed by atoms with E-state index in [0.717, 1.165) is 11.1 Å². The van der Waals surface area contributed by atoms with Crippen molar-refractivity contribution >= 4 is 5.57 Å². The molecule has 112 valence electrons. The molecule has 3 N–H and O–H groups in total. The molecule has 1 rings (SSSR count). The summed E-state index contributed by atoms with van der Waals surface area (Å²) in [6, 6.07) is 6.92. The van der Waals surface area contributed by atoms with Gasteiger partial charge in [0.15, 0.2) is 0 Å². The van der Waals surface area contributed by atoms with Crippen LogP contribution in [0.5, 0.6) is 5.75 Å². The summed E-state index contributed by atoms with van der Waals surface area (Å²) in [5, 5.41) is 2.88. The van der Waals surface area contributed by atoms with Crippen LogP contribution in [0.2, 0.25) is 0 Å². The SMILES string of the molecule is CNC(N)/C=C(\C)c1cccc(OCCC(F)(F)F)c1. The van der Waals surface area contributed by atoms with Crippen molar-refractivity contribution in [3.05, 3.63) is 35.9 Å². The maximum Gasteiger partial charge on any atom is 0.392 e. The lowest BCUT2D eigenvalue weighted by Gasteiger charge is -2.11. The fraction of sp³-hybridized carbons (Fsp3) is 0.429. The summed E-state index contributed by atoms with van der Waals surface area (Å²) >= 11 is 0. The molecule has 0 radical (unpaired) electrons. The predicted molar refractivity (Wildman–Crippen MR) is 73.3 cm³/mol. The Bertz CT molecular complexity index is 458. The second-order valence-electron chi connectivity index (χ2n) is 4.41. The van der Waals surface area contributed by atoms with E-state index in [9.17, 15) is 13.2 Å². The van der Waals surface area contributed by atoms with Crippen molar-refractivity contribution in [3.63, 3.8) is 0 Å². The Morgan fingerprint density at radius 2 is 2.15 bits per heavy atom. The van der Waals surface area contributed by atoms with Crippen LogP contribution in [0.4, 0.5) is 13.2 Å². The Hall–Kier alpha value is -1.53. The normalized spacial score (nSPS) is 14.2. The van der Waals surface area contributed by atoms with Crippen LogP contribution in [0.3, 0.4) is 0 Å². The third kappa shape index (κ3) is 6.08. The standard InChI is InChI=1S/C14H19F3N2O/c1-10(8-13(18)19-2)11-4-3-5-12(9-11)20-7-6-14(15,16)17/h3-5,8-9,13,19H,6-7,18H2,1-2H3/b10-8+. The lowest BCUT2D eigenvalue weighted by atomic mass is 10.1. The number of nitrogens with two attached hydrogens (primary N) is 1. The quantitative estimate of drug-likeness (QED) is 0.791. The van der Waals surface area contributed by atoms with E-state index in [1.54, 1.807) is 25.2 Å². The van der Waals surface area contributed by atoms with Gasteiger partial charge in [0.2, 0.25) is 0 Å². The molecule has 0 aliphatic heterocycles. The molecule has 3 nitrogen and oxygen atoms in total. The van der Waals surface area contributed by atoms with Crippen LogP contribution in [-0.2, 0) is 0 Å². The van der Waals surface area contributed by atoms with Crippen molar-refractivity contribution in [2.75, 3.05) is 13.7 Å². The van der Waals surface area contributed by atoms with Crippen molar-refractivity contribution in [1.82, 2.24) is 5.32 Å². The molecule has 1 unspecified atom stereocenters. The maximum absolute atomic E-state index is 12.0. The number of halogens is 3. The van der Waals surface area contributed by atoms with Gasteiger partial charge >= 0.3 is 6.18 Å². The number of hydrogen-bond acceptors (Lipinski definition) is 3. The predicted octanol–water partition coefficient (Wildman–Crippen LogP) is 2.93. The zero-order chi connectivity index (χ0) is 15.2. The summed E-state index contributed by atoms with van der Waals surface area (Å²) in [6.45, 7) is 1.50. The molecule has 0 heterocycles. The molecule has 0 amide bonds. The minimum Gasteiger partial charge on any atom is -0.493 e. The molecular formula is C14H19F3N2O. The third-order valence-electron chi connectivity index (χ3n) is 2.71. The molecule has 20 heavy (non-hydrogen) atoms. The summed E-state index contributed by atoms with van der Waals surface area (Å²) in [7, 11) is 1.74. The van der Waals surface area contributed by atoms with E-state index >= 15 is 0 Å². The van der Waals surface area contributed by atoms with Gasteiger partial charge in [-0.3, -0.25) is 0 Å². The van der Waals surface area contributed by atoms with Gasteiger partial charge in [0.1, 0.15) is 5.75 Å². The molecule has 0 aromatic heterocycles. The first-order valence-electron chi connectivity index (χ1n) is 6.23. The first-order valence-corrected chi connectivity index (χ1v) is 6.23. The summed E-state index contributed by atoms with van der Waals surface area (Å²) in [6.07, 6.45) is -3.61. The minimum atomic E-state index is -4.20. The number of allylic oxidation sites excluding steroid dienone is 1. The smallest absolute Gasteiger partial charge is 0.392 e. The summed E-state index contributed by atoms with van der Waals surface area (Å²) in [5.74, 6) is 0.414. The molecule has 0 fully saturated rings. The van der Waals surface area contributed by atoms with Gasteiger partial charge < -0.3 is 15.8 Å². The van der Waals surface area contributed by atoms with Crippen molar-refractivity contribution in [2.45, 2.75) is 25.7 Å². The van der Waals surface area contributed by atoms with Gasteiger partial charge in [0, 0.05) is 0 Å². The lowest BCUT2D eigenvalue weighted by Crippen LogP contribution is -2.32. The first-order chi connectivity index (χ1) is 9.31. The van der Waals surface area contributed by atoms with E-state index in [0.29, 0.717) is 5.75 Å². The third-order valence-corrected chi connectivity index (χ3v) is 2.71. The van der Waals surface area contributed by atoms with Crippen molar-refractivity contribution in [3.8, 4) is 5.75 Å². The number of rotatable bonds is 6. The highest BCUT2D eigenvalue weighted by Gasteiger charge is 2.26. The van der Waals surface area contributed by atoms with E-state index in [1.165, 1.54) is 0 Å². The number of hydrogen-bond donors (Lipinski definition) is 2. The molecule has 1 aromatic rings. The highest BCUT2D eigenvalue weighted by molar-refractivity contribution is 5.65.